The molecule has 1 aliphatic heterocycles. The number of likely N-dealkylation sites (N-methyl/N-ethyl adjacent to an activating group) is 1. The second-order valence-corrected chi connectivity index (χ2v) is 7.39. The number of aromatic nitrogens is 3. The Labute approximate surface area is 147 Å². The lowest BCUT2D eigenvalue weighted by Gasteiger charge is -2.30. The van der Waals surface area contributed by atoms with Gasteiger partial charge in [0.25, 0.3) is 0 Å². The summed E-state index contributed by atoms with van der Waals surface area (Å²) < 4.78 is 0. The van der Waals surface area contributed by atoms with Crippen LogP contribution in [0, 0.1) is 5.41 Å². The van der Waals surface area contributed by atoms with E-state index in [9.17, 15) is 4.79 Å². The summed E-state index contributed by atoms with van der Waals surface area (Å²) >= 11 is 0. The maximum atomic E-state index is 12.5. The number of carbonyl (C=O) groups is 1. The van der Waals surface area contributed by atoms with Gasteiger partial charge in [0.2, 0.25) is 0 Å². The van der Waals surface area contributed by atoms with Gasteiger partial charge in [-0.3, -0.25) is 0 Å². The summed E-state index contributed by atoms with van der Waals surface area (Å²) in [4.78, 5) is 28.7. The van der Waals surface area contributed by atoms with Crippen LogP contribution in [0.25, 0.3) is 11.0 Å². The van der Waals surface area contributed by atoms with Crippen molar-refractivity contribution in [2.75, 3.05) is 31.6 Å². The van der Waals surface area contributed by atoms with E-state index in [0.29, 0.717) is 6.04 Å². The topological polar surface area (TPSA) is 77.2 Å². The van der Waals surface area contributed by atoms with Gasteiger partial charge in [-0.15, -0.1) is 0 Å². The molecule has 2 amide bonds. The van der Waals surface area contributed by atoms with Crippen molar-refractivity contribution in [2.24, 2.45) is 5.41 Å². The number of hydrogen-bond acceptors (Lipinski definition) is 4. The minimum absolute atomic E-state index is 0.0742. The van der Waals surface area contributed by atoms with Crippen LogP contribution in [-0.2, 0) is 0 Å². The first-order valence-corrected chi connectivity index (χ1v) is 9.18. The normalized spacial score (nSPS) is 21.0. The number of unbranched alkanes of at least 4 members (excludes halogenated alkanes) is 1. The molecule has 0 aromatic carbocycles. The summed E-state index contributed by atoms with van der Waals surface area (Å²) in [5, 5.41) is 4.09. The quantitative estimate of drug-likeness (QED) is 0.818. The molecule has 7 nitrogen and oxygen atoms in total. The average Bonchev–Trinajstić information content (AvgIpc) is 3.06. The zero-order valence-electron chi connectivity index (χ0n) is 15.0. The number of aromatic amines is 1. The Morgan fingerprint density at radius 1 is 1.48 bits per heavy atom. The smallest absolute Gasteiger partial charge is 0.317 e. The van der Waals surface area contributed by atoms with E-state index in [2.05, 4.69) is 39.1 Å². The van der Waals surface area contributed by atoms with Crippen LogP contribution < -0.4 is 10.2 Å². The molecule has 1 aliphatic carbocycles. The number of amides is 2. The van der Waals surface area contributed by atoms with Crippen LogP contribution in [0.15, 0.2) is 18.6 Å². The third kappa shape index (κ3) is 2.81. The monoisotopic (exact) mass is 342 g/mol. The molecule has 1 unspecified atom stereocenters. The van der Waals surface area contributed by atoms with Crippen LogP contribution in [0.4, 0.5) is 10.6 Å². The first-order valence-electron chi connectivity index (χ1n) is 9.18. The SMILES string of the molecule is CCCCNC(=O)N1CC(N(C)c2ncnc3[nH]ccc23)C2(CC2)C1. The van der Waals surface area contributed by atoms with Gasteiger partial charge >= 0.3 is 6.03 Å². The van der Waals surface area contributed by atoms with Crippen LogP contribution >= 0.6 is 0 Å². The molecule has 1 saturated heterocycles. The van der Waals surface area contributed by atoms with E-state index in [0.717, 1.165) is 49.3 Å². The Kier molecular flexibility index (Phi) is 4.01. The Bertz CT molecular complexity index is 768. The fourth-order valence-electron chi connectivity index (χ4n) is 4.06. The number of nitrogens with zero attached hydrogens (tertiary/aromatic N) is 4. The fourth-order valence-corrected chi connectivity index (χ4v) is 4.06. The van der Waals surface area contributed by atoms with E-state index in [4.69, 9.17) is 0 Å². The molecule has 25 heavy (non-hydrogen) atoms. The van der Waals surface area contributed by atoms with Crippen LogP contribution in [0.5, 0.6) is 0 Å². The zero-order chi connectivity index (χ0) is 17.4. The van der Waals surface area contributed by atoms with Crippen LogP contribution in [0.1, 0.15) is 32.6 Å². The van der Waals surface area contributed by atoms with Gasteiger partial charge in [0.1, 0.15) is 17.8 Å². The molecular formula is C18H26N6O. The summed E-state index contributed by atoms with van der Waals surface area (Å²) in [5.41, 5.74) is 1.08. The van der Waals surface area contributed by atoms with Crippen molar-refractivity contribution in [3.8, 4) is 0 Å². The van der Waals surface area contributed by atoms with Crippen molar-refractivity contribution in [3.63, 3.8) is 0 Å². The van der Waals surface area contributed by atoms with Gasteiger partial charge in [0.15, 0.2) is 0 Å². The first-order chi connectivity index (χ1) is 12.1. The van der Waals surface area contributed by atoms with Gasteiger partial charge in [-0.2, -0.15) is 0 Å². The zero-order valence-corrected chi connectivity index (χ0v) is 15.0. The van der Waals surface area contributed by atoms with Crippen LogP contribution in [0.3, 0.4) is 0 Å². The van der Waals surface area contributed by atoms with E-state index in [1.54, 1.807) is 6.33 Å². The largest absolute Gasteiger partial charge is 0.354 e. The minimum Gasteiger partial charge on any atom is -0.354 e. The number of nitrogens with one attached hydrogen (secondary N) is 2. The first kappa shape index (κ1) is 16.2. The lowest BCUT2D eigenvalue weighted by Crippen LogP contribution is -2.42. The predicted molar refractivity (Wildman–Crippen MR) is 97.6 cm³/mol. The van der Waals surface area contributed by atoms with Crippen molar-refractivity contribution in [1.82, 2.24) is 25.2 Å². The second-order valence-electron chi connectivity index (χ2n) is 7.39. The Hall–Kier alpha value is -2.31. The number of likely N-dealkylation sites (tertiary alicyclic amines) is 1. The van der Waals surface area contributed by atoms with E-state index in [-0.39, 0.29) is 11.4 Å². The number of anilines is 1. The molecule has 4 rings (SSSR count). The highest BCUT2D eigenvalue weighted by atomic mass is 16.2. The molecule has 3 heterocycles. The third-order valence-electron chi connectivity index (χ3n) is 5.73. The fraction of sp³-hybridized carbons (Fsp3) is 0.611. The van der Waals surface area contributed by atoms with Gasteiger partial charge < -0.3 is 20.1 Å². The Balaban J connectivity index is 1.52. The maximum absolute atomic E-state index is 12.5. The summed E-state index contributed by atoms with van der Waals surface area (Å²) in [6, 6.07) is 2.40. The number of carbonyl (C=O) groups excluding carboxylic acids is 1. The molecule has 2 aliphatic rings. The predicted octanol–water partition coefficient (Wildman–Crippen LogP) is 2.37. The summed E-state index contributed by atoms with van der Waals surface area (Å²) in [6.07, 6.45) is 7.99. The number of rotatable bonds is 5. The van der Waals surface area contributed by atoms with Crippen molar-refractivity contribution in [3.05, 3.63) is 18.6 Å². The molecule has 7 heteroatoms. The summed E-state index contributed by atoms with van der Waals surface area (Å²) in [6.45, 7) is 4.50. The van der Waals surface area contributed by atoms with Gasteiger partial charge in [-0.1, -0.05) is 13.3 Å². The van der Waals surface area contributed by atoms with Crippen LogP contribution in [-0.4, -0.2) is 58.6 Å². The van der Waals surface area contributed by atoms with E-state index in [1.807, 2.05) is 17.2 Å². The van der Waals surface area contributed by atoms with E-state index < -0.39 is 0 Å². The molecule has 1 atom stereocenters. The van der Waals surface area contributed by atoms with Crippen LogP contribution in [0.2, 0.25) is 0 Å². The maximum Gasteiger partial charge on any atom is 0.317 e. The molecular weight excluding hydrogens is 316 g/mol. The highest BCUT2D eigenvalue weighted by molar-refractivity contribution is 5.87. The Morgan fingerprint density at radius 3 is 3.08 bits per heavy atom. The number of hydrogen-bond donors (Lipinski definition) is 2. The van der Waals surface area contributed by atoms with Gasteiger partial charge in [-0.25, -0.2) is 14.8 Å². The van der Waals surface area contributed by atoms with E-state index in [1.165, 1.54) is 12.8 Å². The van der Waals surface area contributed by atoms with Crippen molar-refractivity contribution in [1.29, 1.82) is 0 Å². The second kappa shape index (κ2) is 6.20. The lowest BCUT2D eigenvalue weighted by atomic mass is 9.99. The van der Waals surface area contributed by atoms with Gasteiger partial charge in [0.05, 0.1) is 11.4 Å². The molecule has 134 valence electrons. The standard InChI is InChI=1S/C18H26N6O/c1-3-4-8-20-17(25)24-10-14(18(11-24)6-7-18)23(2)16-13-5-9-19-15(13)21-12-22-16/h5,9,12,14H,3-4,6-8,10-11H2,1-2H3,(H,20,25)(H,19,21,22). The molecule has 2 aromatic rings. The minimum atomic E-state index is 0.0742. The molecule has 0 bridgehead atoms. The Morgan fingerprint density at radius 2 is 2.32 bits per heavy atom. The highest BCUT2D eigenvalue weighted by Gasteiger charge is 2.57. The molecule has 0 radical (unpaired) electrons. The number of fused-ring (bicyclic) bond motifs is 1. The number of urea groups is 1. The molecule has 1 saturated carbocycles. The molecule has 2 N–H and O–H groups in total. The number of H-pyrrole nitrogens is 1. The summed E-state index contributed by atoms with van der Waals surface area (Å²) in [5.74, 6) is 0.941. The van der Waals surface area contributed by atoms with E-state index >= 15 is 0 Å². The lowest BCUT2D eigenvalue weighted by molar-refractivity contribution is 0.206. The average molecular weight is 342 g/mol. The molecule has 2 aromatic heterocycles. The van der Waals surface area contributed by atoms with Gasteiger partial charge in [-0.05, 0) is 25.3 Å². The summed E-state index contributed by atoms with van der Waals surface area (Å²) in [7, 11) is 2.10. The highest BCUT2D eigenvalue weighted by Crippen LogP contribution is 2.55. The van der Waals surface area contributed by atoms with Crippen molar-refractivity contribution in [2.45, 2.75) is 38.6 Å². The molecule has 2 fully saturated rings. The van der Waals surface area contributed by atoms with Crippen molar-refractivity contribution >= 4 is 22.9 Å². The third-order valence-corrected chi connectivity index (χ3v) is 5.73. The van der Waals surface area contributed by atoms with Crippen molar-refractivity contribution < 1.29 is 4.79 Å². The molecule has 1 spiro atoms. The van der Waals surface area contributed by atoms with Gasteiger partial charge in [0, 0.05) is 38.3 Å².